The lowest BCUT2D eigenvalue weighted by Crippen LogP contribution is -2.32. The molecule has 1 N–H and O–H groups in total. The standard InChI is InChI=1S/C22H28N2O2/c1-16-11-13-24(14-12-16)20-9-7-18(8-10-20)17(2)23-22(25)19-5-4-6-21(15-19)26-3/h4-10,15-17H,11-14H2,1-3H3,(H,23,25)/t17-/m1/s1. The number of ether oxygens (including phenoxy) is 1. The number of carbonyl (C=O) groups excluding carboxylic acids is 1. The molecule has 0 aromatic heterocycles. The lowest BCUT2D eigenvalue weighted by atomic mass is 9.98. The van der Waals surface area contributed by atoms with Crippen LogP contribution in [-0.2, 0) is 0 Å². The molecule has 0 unspecified atom stereocenters. The molecule has 4 heteroatoms. The first-order chi connectivity index (χ1) is 12.6. The Kier molecular flexibility index (Phi) is 5.82. The molecular weight excluding hydrogens is 324 g/mol. The van der Waals surface area contributed by atoms with Crippen LogP contribution in [0.25, 0.3) is 0 Å². The Morgan fingerprint density at radius 1 is 1.15 bits per heavy atom. The van der Waals surface area contributed by atoms with Crippen molar-refractivity contribution >= 4 is 11.6 Å². The lowest BCUT2D eigenvalue weighted by molar-refractivity contribution is 0.0939. The maximum absolute atomic E-state index is 12.5. The van der Waals surface area contributed by atoms with Gasteiger partial charge in [0, 0.05) is 24.3 Å². The van der Waals surface area contributed by atoms with Gasteiger partial charge in [-0.3, -0.25) is 4.79 Å². The van der Waals surface area contributed by atoms with Crippen LogP contribution in [0.2, 0.25) is 0 Å². The van der Waals surface area contributed by atoms with E-state index in [1.54, 1.807) is 19.2 Å². The molecule has 3 rings (SSSR count). The molecule has 1 aliphatic rings. The smallest absolute Gasteiger partial charge is 0.251 e. The van der Waals surface area contributed by atoms with Gasteiger partial charge in [0.2, 0.25) is 0 Å². The van der Waals surface area contributed by atoms with E-state index >= 15 is 0 Å². The van der Waals surface area contributed by atoms with Crippen molar-refractivity contribution in [2.24, 2.45) is 5.92 Å². The summed E-state index contributed by atoms with van der Waals surface area (Å²) in [5, 5.41) is 3.06. The molecule has 1 amide bonds. The normalized spacial score (nSPS) is 16.2. The SMILES string of the molecule is COc1cccc(C(=O)N[C@H](C)c2ccc(N3CCC(C)CC3)cc2)c1. The van der Waals surface area contributed by atoms with E-state index in [9.17, 15) is 4.79 Å². The molecule has 0 spiro atoms. The summed E-state index contributed by atoms with van der Waals surface area (Å²) in [5.41, 5.74) is 2.98. The van der Waals surface area contributed by atoms with Crippen molar-refractivity contribution in [3.63, 3.8) is 0 Å². The van der Waals surface area contributed by atoms with Crippen molar-refractivity contribution in [2.45, 2.75) is 32.7 Å². The van der Waals surface area contributed by atoms with Crippen molar-refractivity contribution in [3.8, 4) is 5.75 Å². The monoisotopic (exact) mass is 352 g/mol. The number of hydrogen-bond donors (Lipinski definition) is 1. The Labute approximate surface area is 156 Å². The highest BCUT2D eigenvalue weighted by molar-refractivity contribution is 5.94. The van der Waals surface area contributed by atoms with E-state index in [-0.39, 0.29) is 11.9 Å². The van der Waals surface area contributed by atoms with Gasteiger partial charge in [-0.15, -0.1) is 0 Å². The van der Waals surface area contributed by atoms with Crippen molar-refractivity contribution in [3.05, 3.63) is 59.7 Å². The van der Waals surface area contributed by atoms with Crippen LogP contribution in [0.4, 0.5) is 5.69 Å². The first-order valence-electron chi connectivity index (χ1n) is 9.36. The lowest BCUT2D eigenvalue weighted by Gasteiger charge is -2.32. The highest BCUT2D eigenvalue weighted by Crippen LogP contribution is 2.24. The maximum atomic E-state index is 12.5. The van der Waals surface area contributed by atoms with Gasteiger partial charge in [0.15, 0.2) is 0 Å². The molecule has 4 nitrogen and oxygen atoms in total. The topological polar surface area (TPSA) is 41.6 Å². The number of methoxy groups -OCH3 is 1. The molecule has 1 heterocycles. The summed E-state index contributed by atoms with van der Waals surface area (Å²) in [4.78, 5) is 14.9. The molecule has 1 saturated heterocycles. The molecule has 1 atom stereocenters. The number of nitrogens with one attached hydrogen (secondary N) is 1. The summed E-state index contributed by atoms with van der Waals surface area (Å²) < 4.78 is 5.19. The first kappa shape index (κ1) is 18.3. The second-order valence-electron chi connectivity index (χ2n) is 7.19. The van der Waals surface area contributed by atoms with Crippen molar-refractivity contribution in [2.75, 3.05) is 25.1 Å². The van der Waals surface area contributed by atoms with Gasteiger partial charge in [0.05, 0.1) is 13.2 Å². The van der Waals surface area contributed by atoms with Crippen LogP contribution in [0.5, 0.6) is 5.75 Å². The molecule has 1 fully saturated rings. The summed E-state index contributed by atoms with van der Waals surface area (Å²) in [6.45, 7) is 6.59. The fourth-order valence-corrected chi connectivity index (χ4v) is 3.37. The van der Waals surface area contributed by atoms with E-state index < -0.39 is 0 Å². The van der Waals surface area contributed by atoms with Gasteiger partial charge in [-0.1, -0.05) is 25.1 Å². The molecule has 138 valence electrons. The Hall–Kier alpha value is -2.49. The Morgan fingerprint density at radius 2 is 1.85 bits per heavy atom. The zero-order chi connectivity index (χ0) is 18.5. The average molecular weight is 352 g/mol. The van der Waals surface area contributed by atoms with E-state index in [1.807, 2.05) is 19.1 Å². The highest BCUT2D eigenvalue weighted by atomic mass is 16.5. The minimum Gasteiger partial charge on any atom is -0.497 e. The summed E-state index contributed by atoms with van der Waals surface area (Å²) in [7, 11) is 1.60. The Balaban J connectivity index is 1.62. The third-order valence-electron chi connectivity index (χ3n) is 5.22. The molecule has 1 aliphatic heterocycles. The van der Waals surface area contributed by atoms with Gasteiger partial charge in [-0.05, 0) is 61.6 Å². The average Bonchev–Trinajstić information content (AvgIpc) is 2.68. The molecule has 26 heavy (non-hydrogen) atoms. The number of nitrogens with zero attached hydrogens (tertiary/aromatic N) is 1. The number of amides is 1. The van der Waals surface area contributed by atoms with E-state index in [0.717, 1.165) is 24.6 Å². The van der Waals surface area contributed by atoms with E-state index in [0.29, 0.717) is 11.3 Å². The van der Waals surface area contributed by atoms with Crippen LogP contribution in [0.1, 0.15) is 48.7 Å². The number of benzene rings is 2. The summed E-state index contributed by atoms with van der Waals surface area (Å²) in [6.07, 6.45) is 2.52. The number of carbonyl (C=O) groups is 1. The maximum Gasteiger partial charge on any atom is 0.251 e. The summed E-state index contributed by atoms with van der Waals surface area (Å²) in [6, 6.07) is 15.7. The van der Waals surface area contributed by atoms with Gasteiger partial charge in [-0.2, -0.15) is 0 Å². The summed E-state index contributed by atoms with van der Waals surface area (Å²) in [5.74, 6) is 1.42. The number of anilines is 1. The minimum absolute atomic E-state index is 0.0517. The number of rotatable bonds is 5. The van der Waals surface area contributed by atoms with Gasteiger partial charge in [-0.25, -0.2) is 0 Å². The Bertz CT molecular complexity index is 734. The fraction of sp³-hybridized carbons (Fsp3) is 0.409. The van der Waals surface area contributed by atoms with Gasteiger partial charge in [0.1, 0.15) is 5.75 Å². The zero-order valence-electron chi connectivity index (χ0n) is 15.9. The van der Waals surface area contributed by atoms with E-state index in [4.69, 9.17) is 4.74 Å². The summed E-state index contributed by atoms with van der Waals surface area (Å²) >= 11 is 0. The van der Waals surface area contributed by atoms with Crippen LogP contribution in [0, 0.1) is 5.92 Å². The predicted octanol–water partition coefficient (Wildman–Crippen LogP) is 4.42. The molecule has 0 aliphatic carbocycles. The van der Waals surface area contributed by atoms with Crippen LogP contribution >= 0.6 is 0 Å². The molecule has 0 saturated carbocycles. The van der Waals surface area contributed by atoms with Crippen LogP contribution in [-0.4, -0.2) is 26.1 Å². The van der Waals surface area contributed by atoms with Crippen molar-refractivity contribution in [1.29, 1.82) is 0 Å². The number of hydrogen-bond acceptors (Lipinski definition) is 3. The molecule has 0 radical (unpaired) electrons. The van der Waals surface area contributed by atoms with Crippen LogP contribution in [0.3, 0.4) is 0 Å². The van der Waals surface area contributed by atoms with Crippen molar-refractivity contribution in [1.82, 2.24) is 5.32 Å². The quantitative estimate of drug-likeness (QED) is 0.866. The van der Waals surface area contributed by atoms with Crippen LogP contribution < -0.4 is 15.0 Å². The molecular formula is C22H28N2O2. The predicted molar refractivity (Wildman–Crippen MR) is 106 cm³/mol. The fourth-order valence-electron chi connectivity index (χ4n) is 3.37. The van der Waals surface area contributed by atoms with Gasteiger partial charge in [0.25, 0.3) is 5.91 Å². The number of piperidine rings is 1. The largest absolute Gasteiger partial charge is 0.497 e. The second-order valence-corrected chi connectivity index (χ2v) is 7.19. The Morgan fingerprint density at radius 3 is 2.50 bits per heavy atom. The molecule has 0 bridgehead atoms. The highest BCUT2D eigenvalue weighted by Gasteiger charge is 2.17. The van der Waals surface area contributed by atoms with Gasteiger partial charge < -0.3 is 15.0 Å². The van der Waals surface area contributed by atoms with Gasteiger partial charge >= 0.3 is 0 Å². The second kappa shape index (κ2) is 8.26. The van der Waals surface area contributed by atoms with Crippen LogP contribution in [0.15, 0.2) is 48.5 Å². The molecule has 2 aromatic carbocycles. The third kappa shape index (κ3) is 4.37. The first-order valence-corrected chi connectivity index (χ1v) is 9.36. The van der Waals surface area contributed by atoms with E-state index in [2.05, 4.69) is 41.4 Å². The third-order valence-corrected chi connectivity index (χ3v) is 5.22. The molecule has 2 aromatic rings. The van der Waals surface area contributed by atoms with Crippen molar-refractivity contribution < 1.29 is 9.53 Å². The minimum atomic E-state index is -0.0921. The zero-order valence-corrected chi connectivity index (χ0v) is 15.9. The van der Waals surface area contributed by atoms with E-state index in [1.165, 1.54) is 18.5 Å².